The van der Waals surface area contributed by atoms with Gasteiger partial charge in [-0.15, -0.1) is 0 Å². The van der Waals surface area contributed by atoms with Crippen molar-refractivity contribution >= 4 is 16.9 Å². The fourth-order valence-electron chi connectivity index (χ4n) is 3.34. The van der Waals surface area contributed by atoms with Crippen LogP contribution in [0.1, 0.15) is 44.6 Å². The molecule has 8 heteroatoms. The zero-order valence-corrected chi connectivity index (χ0v) is 16.3. The molecule has 1 N–H and O–H groups in total. The number of imidazole rings is 1. The Labute approximate surface area is 161 Å². The van der Waals surface area contributed by atoms with Crippen LogP contribution in [-0.4, -0.2) is 29.6 Å². The third kappa shape index (κ3) is 3.31. The van der Waals surface area contributed by atoms with E-state index < -0.39 is 23.9 Å². The van der Waals surface area contributed by atoms with Gasteiger partial charge in [-0.3, -0.25) is 18.7 Å². The first-order chi connectivity index (χ1) is 13.4. The molecule has 0 fully saturated rings. The van der Waals surface area contributed by atoms with Gasteiger partial charge in [0.1, 0.15) is 12.4 Å². The van der Waals surface area contributed by atoms with E-state index in [1.165, 1.54) is 20.6 Å². The average molecular weight is 384 g/mol. The van der Waals surface area contributed by atoms with Crippen LogP contribution in [0, 0.1) is 0 Å². The number of benzene rings is 1. The predicted octanol–water partition coefficient (Wildman–Crippen LogP) is 1.46. The molecule has 3 aromatic rings. The first-order valence-corrected chi connectivity index (χ1v) is 9.30. The monoisotopic (exact) mass is 384 g/mol. The van der Waals surface area contributed by atoms with Crippen molar-refractivity contribution in [2.45, 2.75) is 52.9 Å². The number of aromatic nitrogens is 4. The zero-order chi connectivity index (χ0) is 20.4. The van der Waals surface area contributed by atoms with E-state index in [1.54, 1.807) is 6.92 Å². The molecule has 0 amide bonds. The van der Waals surface area contributed by atoms with E-state index in [0.717, 1.165) is 5.56 Å². The molecule has 0 spiro atoms. The molecule has 2 heterocycles. The summed E-state index contributed by atoms with van der Waals surface area (Å²) in [6, 6.07) is 8.71. The molecule has 8 nitrogen and oxygen atoms in total. The minimum atomic E-state index is -0.683. The highest BCUT2D eigenvalue weighted by Gasteiger charge is 2.25. The van der Waals surface area contributed by atoms with E-state index in [-0.39, 0.29) is 35.9 Å². The summed E-state index contributed by atoms with van der Waals surface area (Å²) in [6.45, 7) is 5.00. The number of hydrogen-bond donors (Lipinski definition) is 1. The van der Waals surface area contributed by atoms with Crippen LogP contribution >= 0.6 is 0 Å². The van der Waals surface area contributed by atoms with E-state index in [0.29, 0.717) is 6.42 Å². The number of Topliss-reactive ketones (excluding diaryl/α,β-unsaturated/α-hetero) is 1. The Morgan fingerprint density at radius 1 is 1.18 bits per heavy atom. The summed E-state index contributed by atoms with van der Waals surface area (Å²) in [5, 5.41) is 9.77. The molecule has 1 unspecified atom stereocenters. The number of fused-ring (bicyclic) bond motifs is 1. The third-order valence-corrected chi connectivity index (χ3v) is 4.88. The average Bonchev–Trinajstić information content (AvgIpc) is 3.08. The molecule has 0 aliphatic heterocycles. The quantitative estimate of drug-likeness (QED) is 0.665. The summed E-state index contributed by atoms with van der Waals surface area (Å²) in [4.78, 5) is 42.5. The van der Waals surface area contributed by atoms with Crippen molar-refractivity contribution in [1.82, 2.24) is 18.7 Å². The fourth-order valence-corrected chi connectivity index (χ4v) is 3.34. The normalized spacial score (nSPS) is 12.4. The molecule has 0 radical (unpaired) electrons. The maximum absolute atomic E-state index is 13.1. The van der Waals surface area contributed by atoms with Crippen LogP contribution in [0.2, 0.25) is 0 Å². The maximum atomic E-state index is 13.1. The number of rotatable bonds is 7. The summed E-state index contributed by atoms with van der Waals surface area (Å²) in [5.41, 5.74) is 0.283. The van der Waals surface area contributed by atoms with Gasteiger partial charge in [0.25, 0.3) is 5.56 Å². The summed E-state index contributed by atoms with van der Waals surface area (Å²) >= 11 is 0. The molecular formula is C20H24N4O4. The molecule has 0 bridgehead atoms. The summed E-state index contributed by atoms with van der Waals surface area (Å²) in [6.07, 6.45) is 0.606. The fraction of sp³-hybridized carbons (Fsp3) is 0.400. The highest BCUT2D eigenvalue weighted by atomic mass is 16.3. The van der Waals surface area contributed by atoms with Crippen molar-refractivity contribution in [2.75, 3.05) is 0 Å². The van der Waals surface area contributed by atoms with E-state index in [9.17, 15) is 19.5 Å². The van der Waals surface area contributed by atoms with Gasteiger partial charge in [0.05, 0.1) is 12.6 Å². The van der Waals surface area contributed by atoms with Crippen molar-refractivity contribution < 1.29 is 9.90 Å². The van der Waals surface area contributed by atoms with Crippen LogP contribution in [0.15, 0.2) is 39.9 Å². The Morgan fingerprint density at radius 2 is 1.86 bits per heavy atom. The molecular weight excluding hydrogens is 360 g/mol. The molecule has 2 aromatic heterocycles. The Balaban J connectivity index is 2.40. The molecule has 0 aliphatic carbocycles. The van der Waals surface area contributed by atoms with Gasteiger partial charge in [0, 0.05) is 6.54 Å². The van der Waals surface area contributed by atoms with Gasteiger partial charge >= 0.3 is 5.69 Å². The van der Waals surface area contributed by atoms with E-state index in [2.05, 4.69) is 4.98 Å². The van der Waals surface area contributed by atoms with Gasteiger partial charge < -0.3 is 9.67 Å². The predicted molar refractivity (Wildman–Crippen MR) is 105 cm³/mol. The lowest BCUT2D eigenvalue weighted by molar-refractivity contribution is -0.119. The number of nitrogens with zero attached hydrogens (tertiary/aromatic N) is 4. The molecule has 0 saturated carbocycles. The van der Waals surface area contributed by atoms with Gasteiger partial charge in [-0.25, -0.2) is 9.78 Å². The van der Waals surface area contributed by atoms with Gasteiger partial charge in [0.15, 0.2) is 16.9 Å². The van der Waals surface area contributed by atoms with Crippen LogP contribution in [0.4, 0.5) is 0 Å². The highest BCUT2D eigenvalue weighted by Crippen LogP contribution is 2.19. The topological polar surface area (TPSA) is 99.1 Å². The number of hydrogen-bond acceptors (Lipinski definition) is 5. The second kappa shape index (κ2) is 7.93. The van der Waals surface area contributed by atoms with E-state index in [4.69, 9.17) is 0 Å². The van der Waals surface area contributed by atoms with Crippen LogP contribution in [0.3, 0.4) is 0 Å². The number of ketones is 1. The minimum absolute atomic E-state index is 0.163. The van der Waals surface area contributed by atoms with Crippen LogP contribution in [-0.2, 0) is 24.5 Å². The van der Waals surface area contributed by atoms with Crippen molar-refractivity contribution in [2.24, 2.45) is 0 Å². The summed E-state index contributed by atoms with van der Waals surface area (Å²) < 4.78 is 4.06. The summed E-state index contributed by atoms with van der Waals surface area (Å²) in [7, 11) is 0. The Bertz CT molecular complexity index is 1130. The van der Waals surface area contributed by atoms with E-state index in [1.807, 2.05) is 37.3 Å². The lowest BCUT2D eigenvalue weighted by atomic mass is 10.2. The van der Waals surface area contributed by atoms with Crippen LogP contribution in [0.5, 0.6) is 0 Å². The van der Waals surface area contributed by atoms with Gasteiger partial charge in [-0.05, 0) is 25.8 Å². The molecule has 148 valence electrons. The largest absolute Gasteiger partial charge is 0.388 e. The summed E-state index contributed by atoms with van der Waals surface area (Å²) in [5.74, 6) is 0.0153. The smallest absolute Gasteiger partial charge is 0.333 e. The van der Waals surface area contributed by atoms with Crippen molar-refractivity contribution in [1.29, 1.82) is 0 Å². The Hall–Kier alpha value is -3.00. The van der Waals surface area contributed by atoms with Crippen molar-refractivity contribution in [3.05, 3.63) is 62.6 Å². The van der Waals surface area contributed by atoms with Crippen LogP contribution < -0.4 is 11.2 Å². The second-order valence-electron chi connectivity index (χ2n) is 6.83. The molecule has 28 heavy (non-hydrogen) atoms. The van der Waals surface area contributed by atoms with E-state index >= 15 is 0 Å². The standard InChI is InChI=1S/C20H24N4O4/c1-4-10-22-19(27)17-18(21-16(12-25)24(17)13(2)14(3)26)23(20(22)28)11-15-8-6-5-7-9-15/h5-9,13,25H,4,10-12H2,1-3H3. The zero-order valence-electron chi connectivity index (χ0n) is 16.3. The molecule has 0 aliphatic rings. The molecule has 1 aromatic carbocycles. The molecule has 1 atom stereocenters. The van der Waals surface area contributed by atoms with Crippen LogP contribution in [0.25, 0.3) is 11.2 Å². The first kappa shape index (κ1) is 19.8. The lowest BCUT2D eigenvalue weighted by Crippen LogP contribution is -2.41. The highest BCUT2D eigenvalue weighted by molar-refractivity contribution is 5.82. The first-order valence-electron chi connectivity index (χ1n) is 9.30. The number of carbonyl (C=O) groups excluding carboxylic acids is 1. The van der Waals surface area contributed by atoms with Crippen molar-refractivity contribution in [3.8, 4) is 0 Å². The maximum Gasteiger partial charge on any atom is 0.333 e. The van der Waals surface area contributed by atoms with Gasteiger partial charge in [-0.1, -0.05) is 37.3 Å². The third-order valence-electron chi connectivity index (χ3n) is 4.88. The molecule has 0 saturated heterocycles. The SMILES string of the molecule is CCCn1c(=O)c2c(nc(CO)n2C(C)C(C)=O)n(Cc2ccccc2)c1=O. The minimum Gasteiger partial charge on any atom is -0.388 e. The van der Waals surface area contributed by atoms with Crippen molar-refractivity contribution in [3.63, 3.8) is 0 Å². The number of aliphatic hydroxyl groups excluding tert-OH is 1. The molecule has 3 rings (SSSR count). The van der Waals surface area contributed by atoms with Gasteiger partial charge in [-0.2, -0.15) is 0 Å². The second-order valence-corrected chi connectivity index (χ2v) is 6.83. The Kier molecular flexibility index (Phi) is 5.60. The lowest BCUT2D eigenvalue weighted by Gasteiger charge is -2.15. The number of aliphatic hydroxyl groups is 1. The number of carbonyl (C=O) groups is 1. The van der Waals surface area contributed by atoms with Gasteiger partial charge in [0.2, 0.25) is 0 Å². The Morgan fingerprint density at radius 3 is 2.43 bits per heavy atom.